The van der Waals surface area contributed by atoms with Gasteiger partial charge in [0.15, 0.2) is 5.78 Å². The summed E-state index contributed by atoms with van der Waals surface area (Å²) < 4.78 is 13.7. The van der Waals surface area contributed by atoms with Crippen LogP contribution in [0, 0.1) is 26.6 Å². The Bertz CT molecular complexity index is 936. The van der Waals surface area contributed by atoms with E-state index in [0.29, 0.717) is 0 Å². The van der Waals surface area contributed by atoms with Gasteiger partial charge in [-0.3, -0.25) is 4.79 Å². The van der Waals surface area contributed by atoms with Gasteiger partial charge in [-0.05, 0) is 61.7 Å². The van der Waals surface area contributed by atoms with Crippen molar-refractivity contribution < 1.29 is 9.18 Å². The Morgan fingerprint density at radius 3 is 2.58 bits per heavy atom. The summed E-state index contributed by atoms with van der Waals surface area (Å²) in [6, 6.07) is 12.4. The second-order valence-corrected chi connectivity index (χ2v) is 6.91. The number of pyridine rings is 1. The van der Waals surface area contributed by atoms with Crippen LogP contribution in [0.3, 0.4) is 0 Å². The van der Waals surface area contributed by atoms with Crippen LogP contribution in [0.1, 0.15) is 27.0 Å². The van der Waals surface area contributed by atoms with Crippen molar-refractivity contribution in [2.24, 2.45) is 0 Å². The van der Waals surface area contributed by atoms with E-state index in [0.717, 1.165) is 27.1 Å². The minimum Gasteiger partial charge on any atom is -0.293 e. The van der Waals surface area contributed by atoms with Crippen LogP contribution >= 0.6 is 11.8 Å². The summed E-state index contributed by atoms with van der Waals surface area (Å²) in [6.45, 7) is 6.11. The lowest BCUT2D eigenvalue weighted by atomic mass is 10.1. The second-order valence-electron chi connectivity index (χ2n) is 5.95. The molecule has 0 N–H and O–H groups in total. The number of rotatable bonds is 4. The lowest BCUT2D eigenvalue weighted by Crippen LogP contribution is -2.05. The van der Waals surface area contributed by atoms with Crippen LogP contribution in [0.2, 0.25) is 0 Å². The fraction of sp³-hybridized carbons (Fsp3) is 0.200. The Morgan fingerprint density at radius 2 is 1.83 bits per heavy atom. The van der Waals surface area contributed by atoms with E-state index in [1.165, 1.54) is 29.5 Å². The molecule has 0 bridgehead atoms. The minimum atomic E-state index is -0.474. The largest absolute Gasteiger partial charge is 0.293 e. The average Bonchev–Trinajstić information content (AvgIpc) is 2.54. The van der Waals surface area contributed by atoms with E-state index in [-0.39, 0.29) is 17.1 Å². The summed E-state index contributed by atoms with van der Waals surface area (Å²) in [6.07, 6.45) is 0. The van der Waals surface area contributed by atoms with Gasteiger partial charge < -0.3 is 0 Å². The molecule has 0 amide bonds. The van der Waals surface area contributed by atoms with Gasteiger partial charge in [0, 0.05) is 5.39 Å². The Labute approximate surface area is 145 Å². The molecule has 0 radical (unpaired) electrons. The molecule has 0 aliphatic rings. The molecular formula is C20H18FNOS. The van der Waals surface area contributed by atoms with Gasteiger partial charge in [-0.2, -0.15) is 0 Å². The van der Waals surface area contributed by atoms with Crippen LogP contribution in [0.15, 0.2) is 47.5 Å². The lowest BCUT2D eigenvalue weighted by Gasteiger charge is -2.10. The number of thioether (sulfide) groups is 1. The minimum absolute atomic E-state index is 0.134. The summed E-state index contributed by atoms with van der Waals surface area (Å²) >= 11 is 1.36. The molecule has 1 aromatic heterocycles. The Morgan fingerprint density at radius 1 is 1.08 bits per heavy atom. The number of aryl methyl sites for hydroxylation is 3. The number of carbonyl (C=O) groups excluding carboxylic acids is 1. The SMILES string of the molecule is Cc1cc(C)c2cc(C)c(SCC(=O)c3ccccc3F)nc2c1. The van der Waals surface area contributed by atoms with Crippen molar-refractivity contribution in [2.75, 3.05) is 5.75 Å². The molecule has 2 aromatic carbocycles. The molecule has 2 nitrogen and oxygen atoms in total. The highest BCUT2D eigenvalue weighted by Crippen LogP contribution is 2.27. The molecule has 0 fully saturated rings. The zero-order valence-corrected chi connectivity index (χ0v) is 14.7. The smallest absolute Gasteiger partial charge is 0.176 e. The molecule has 0 spiro atoms. The molecule has 0 saturated heterocycles. The van der Waals surface area contributed by atoms with Gasteiger partial charge in [0.2, 0.25) is 0 Å². The number of fused-ring (bicyclic) bond motifs is 1. The predicted octanol–water partition coefficient (Wildman–Crippen LogP) is 5.27. The number of benzene rings is 2. The van der Waals surface area contributed by atoms with Crippen molar-refractivity contribution in [3.05, 3.63) is 70.5 Å². The Hall–Kier alpha value is -2.20. The molecular weight excluding hydrogens is 321 g/mol. The zero-order valence-electron chi connectivity index (χ0n) is 13.9. The number of Topliss-reactive ketones (excluding diaryl/α,β-unsaturated/α-hetero) is 1. The number of ketones is 1. The Kier molecular flexibility index (Phi) is 4.67. The van der Waals surface area contributed by atoms with E-state index in [9.17, 15) is 9.18 Å². The standard InChI is InChI=1S/C20H18FNOS/c1-12-8-13(2)16-10-14(3)20(22-18(16)9-12)24-11-19(23)15-6-4-5-7-17(15)21/h4-10H,11H2,1-3H3. The van der Waals surface area contributed by atoms with Crippen LogP contribution in [0.4, 0.5) is 4.39 Å². The van der Waals surface area contributed by atoms with Crippen molar-refractivity contribution in [3.63, 3.8) is 0 Å². The van der Waals surface area contributed by atoms with Crippen LogP contribution in [0.25, 0.3) is 10.9 Å². The van der Waals surface area contributed by atoms with Gasteiger partial charge in [0.25, 0.3) is 0 Å². The number of hydrogen-bond donors (Lipinski definition) is 0. The van der Waals surface area contributed by atoms with Gasteiger partial charge in [-0.15, -0.1) is 0 Å². The topological polar surface area (TPSA) is 30.0 Å². The van der Waals surface area contributed by atoms with Crippen LogP contribution in [0.5, 0.6) is 0 Å². The zero-order chi connectivity index (χ0) is 17.3. The number of carbonyl (C=O) groups is 1. The summed E-state index contributed by atoms with van der Waals surface area (Å²) in [4.78, 5) is 16.9. The molecule has 0 unspecified atom stereocenters. The van der Waals surface area contributed by atoms with Gasteiger partial charge in [-0.25, -0.2) is 9.37 Å². The molecule has 122 valence electrons. The van der Waals surface area contributed by atoms with Crippen LogP contribution < -0.4 is 0 Å². The van der Waals surface area contributed by atoms with Gasteiger partial charge >= 0.3 is 0 Å². The van der Waals surface area contributed by atoms with E-state index in [1.807, 2.05) is 19.9 Å². The second kappa shape index (κ2) is 6.73. The maximum Gasteiger partial charge on any atom is 0.176 e. The summed E-state index contributed by atoms with van der Waals surface area (Å²) in [7, 11) is 0. The van der Waals surface area contributed by atoms with Crippen molar-refractivity contribution in [1.82, 2.24) is 4.98 Å². The number of halogens is 1. The molecule has 0 aliphatic carbocycles. The number of hydrogen-bond acceptors (Lipinski definition) is 3. The molecule has 1 heterocycles. The summed E-state index contributed by atoms with van der Waals surface area (Å²) in [5.41, 5.74) is 4.45. The third-order valence-corrected chi connectivity index (χ3v) is 5.04. The van der Waals surface area contributed by atoms with Gasteiger partial charge in [0.1, 0.15) is 10.8 Å². The molecule has 0 atom stereocenters. The highest BCUT2D eigenvalue weighted by atomic mass is 32.2. The first-order valence-electron chi connectivity index (χ1n) is 7.75. The first-order valence-corrected chi connectivity index (χ1v) is 8.73. The maximum absolute atomic E-state index is 13.7. The quantitative estimate of drug-likeness (QED) is 0.479. The van der Waals surface area contributed by atoms with Gasteiger partial charge in [0.05, 0.1) is 16.8 Å². The number of aromatic nitrogens is 1. The van der Waals surface area contributed by atoms with E-state index < -0.39 is 5.82 Å². The third kappa shape index (κ3) is 3.34. The molecule has 0 saturated carbocycles. The van der Waals surface area contributed by atoms with Crippen molar-refractivity contribution in [1.29, 1.82) is 0 Å². The van der Waals surface area contributed by atoms with Crippen molar-refractivity contribution in [2.45, 2.75) is 25.8 Å². The van der Waals surface area contributed by atoms with E-state index in [4.69, 9.17) is 4.98 Å². The molecule has 3 aromatic rings. The van der Waals surface area contributed by atoms with Gasteiger partial charge in [-0.1, -0.05) is 30.0 Å². The normalized spacial score (nSPS) is 11.0. The average molecular weight is 339 g/mol. The highest BCUT2D eigenvalue weighted by Gasteiger charge is 2.13. The summed E-state index contributed by atoms with van der Waals surface area (Å²) in [5.74, 6) is -0.525. The fourth-order valence-corrected chi connectivity index (χ4v) is 3.63. The number of nitrogens with zero attached hydrogens (tertiary/aromatic N) is 1. The molecule has 3 rings (SSSR count). The lowest BCUT2D eigenvalue weighted by molar-refractivity contribution is 0.101. The van der Waals surface area contributed by atoms with Crippen molar-refractivity contribution >= 4 is 28.4 Å². The van der Waals surface area contributed by atoms with E-state index in [2.05, 4.69) is 19.1 Å². The van der Waals surface area contributed by atoms with Crippen LogP contribution in [-0.4, -0.2) is 16.5 Å². The van der Waals surface area contributed by atoms with E-state index in [1.54, 1.807) is 12.1 Å². The third-order valence-electron chi connectivity index (χ3n) is 3.94. The van der Waals surface area contributed by atoms with E-state index >= 15 is 0 Å². The Balaban J connectivity index is 1.86. The monoisotopic (exact) mass is 339 g/mol. The van der Waals surface area contributed by atoms with Crippen LogP contribution in [-0.2, 0) is 0 Å². The molecule has 4 heteroatoms. The predicted molar refractivity (Wildman–Crippen MR) is 97.4 cm³/mol. The van der Waals surface area contributed by atoms with Crippen molar-refractivity contribution in [3.8, 4) is 0 Å². The fourth-order valence-electron chi connectivity index (χ4n) is 2.76. The molecule has 24 heavy (non-hydrogen) atoms. The first-order chi connectivity index (χ1) is 11.5. The first kappa shape index (κ1) is 16.7. The summed E-state index contributed by atoms with van der Waals surface area (Å²) in [5, 5.41) is 1.94. The maximum atomic E-state index is 13.7. The highest BCUT2D eigenvalue weighted by molar-refractivity contribution is 8.00. The molecule has 0 aliphatic heterocycles.